The molecule has 2 rings (SSSR count). The van der Waals surface area contributed by atoms with Crippen LogP contribution in [0.2, 0.25) is 0 Å². The minimum atomic E-state index is 0.649. The molecule has 0 aromatic heterocycles. The van der Waals surface area contributed by atoms with E-state index in [0.29, 0.717) is 6.54 Å². The monoisotopic (exact) mass is 218 g/mol. The molecule has 16 heavy (non-hydrogen) atoms. The van der Waals surface area contributed by atoms with Gasteiger partial charge < -0.3 is 11.1 Å². The first kappa shape index (κ1) is 11.6. The van der Waals surface area contributed by atoms with Gasteiger partial charge in [0.1, 0.15) is 0 Å². The fourth-order valence-corrected chi connectivity index (χ4v) is 2.19. The van der Waals surface area contributed by atoms with Gasteiger partial charge in [0.15, 0.2) is 0 Å². The van der Waals surface area contributed by atoms with E-state index in [1.807, 2.05) is 0 Å². The summed E-state index contributed by atoms with van der Waals surface area (Å²) in [7, 11) is 0. The highest BCUT2D eigenvalue weighted by atomic mass is 14.9. The Bertz CT molecular complexity index is 335. The average Bonchev–Trinajstić information content (AvgIpc) is 3.01. The van der Waals surface area contributed by atoms with Crippen LogP contribution in [0.4, 0.5) is 0 Å². The Kier molecular flexibility index (Phi) is 3.97. The Hall–Kier alpha value is -0.860. The molecule has 88 valence electrons. The summed E-state index contributed by atoms with van der Waals surface area (Å²) >= 11 is 0. The lowest BCUT2D eigenvalue weighted by atomic mass is 10.0. The molecule has 0 saturated heterocycles. The van der Waals surface area contributed by atoms with Gasteiger partial charge in [-0.2, -0.15) is 0 Å². The zero-order chi connectivity index (χ0) is 11.4. The third-order valence-electron chi connectivity index (χ3n) is 3.59. The van der Waals surface area contributed by atoms with E-state index in [1.165, 1.54) is 24.1 Å². The predicted molar refractivity (Wildman–Crippen MR) is 68.2 cm³/mol. The van der Waals surface area contributed by atoms with E-state index in [1.54, 1.807) is 0 Å². The van der Waals surface area contributed by atoms with Gasteiger partial charge in [0.2, 0.25) is 0 Å². The molecular formula is C14H22N2. The number of hydrogen-bond acceptors (Lipinski definition) is 2. The molecule has 0 bridgehead atoms. The van der Waals surface area contributed by atoms with E-state index in [0.717, 1.165) is 24.8 Å². The summed E-state index contributed by atoms with van der Waals surface area (Å²) in [6, 6.07) is 8.46. The molecule has 1 saturated carbocycles. The second-order valence-corrected chi connectivity index (χ2v) is 4.90. The Balaban J connectivity index is 1.71. The maximum absolute atomic E-state index is 5.71. The van der Waals surface area contributed by atoms with Crippen LogP contribution >= 0.6 is 0 Å². The van der Waals surface area contributed by atoms with Crippen molar-refractivity contribution in [2.24, 2.45) is 17.6 Å². The van der Waals surface area contributed by atoms with Crippen LogP contribution in [0.25, 0.3) is 0 Å². The van der Waals surface area contributed by atoms with Gasteiger partial charge in [-0.15, -0.1) is 0 Å². The maximum atomic E-state index is 5.71. The molecule has 2 heteroatoms. The molecule has 1 aliphatic carbocycles. The minimum Gasteiger partial charge on any atom is -0.326 e. The smallest absolute Gasteiger partial charge is 0.0180 e. The maximum Gasteiger partial charge on any atom is 0.0180 e. The van der Waals surface area contributed by atoms with Crippen molar-refractivity contribution in [2.45, 2.75) is 26.3 Å². The van der Waals surface area contributed by atoms with E-state index in [2.05, 4.69) is 36.5 Å². The van der Waals surface area contributed by atoms with Crippen molar-refractivity contribution in [3.63, 3.8) is 0 Å². The lowest BCUT2D eigenvalue weighted by Crippen LogP contribution is -2.21. The van der Waals surface area contributed by atoms with Crippen molar-refractivity contribution in [1.82, 2.24) is 5.32 Å². The van der Waals surface area contributed by atoms with E-state index >= 15 is 0 Å². The SMILES string of the molecule is CC1CC1CNCCc1ccccc1CN. The van der Waals surface area contributed by atoms with Crippen molar-refractivity contribution < 1.29 is 0 Å². The second kappa shape index (κ2) is 5.46. The first-order valence-electron chi connectivity index (χ1n) is 6.29. The van der Waals surface area contributed by atoms with Crippen molar-refractivity contribution in [1.29, 1.82) is 0 Å². The molecule has 2 unspecified atom stereocenters. The zero-order valence-electron chi connectivity index (χ0n) is 10.1. The second-order valence-electron chi connectivity index (χ2n) is 4.90. The van der Waals surface area contributed by atoms with Gasteiger partial charge in [0.05, 0.1) is 0 Å². The van der Waals surface area contributed by atoms with Crippen LogP contribution in [0.1, 0.15) is 24.5 Å². The summed E-state index contributed by atoms with van der Waals surface area (Å²) < 4.78 is 0. The molecular weight excluding hydrogens is 196 g/mol. The van der Waals surface area contributed by atoms with Crippen molar-refractivity contribution in [3.05, 3.63) is 35.4 Å². The molecule has 0 heterocycles. The van der Waals surface area contributed by atoms with Crippen LogP contribution < -0.4 is 11.1 Å². The van der Waals surface area contributed by atoms with E-state index in [-0.39, 0.29) is 0 Å². The normalized spacial score (nSPS) is 23.4. The Morgan fingerprint density at radius 3 is 2.62 bits per heavy atom. The lowest BCUT2D eigenvalue weighted by Gasteiger charge is -2.08. The topological polar surface area (TPSA) is 38.0 Å². The number of benzene rings is 1. The largest absolute Gasteiger partial charge is 0.326 e. The zero-order valence-corrected chi connectivity index (χ0v) is 10.1. The summed E-state index contributed by atoms with van der Waals surface area (Å²) in [6.45, 7) is 5.23. The van der Waals surface area contributed by atoms with Gasteiger partial charge in [-0.25, -0.2) is 0 Å². The minimum absolute atomic E-state index is 0.649. The van der Waals surface area contributed by atoms with Gasteiger partial charge >= 0.3 is 0 Å². The van der Waals surface area contributed by atoms with Crippen LogP contribution in [-0.4, -0.2) is 13.1 Å². The highest BCUT2D eigenvalue weighted by Crippen LogP contribution is 2.36. The van der Waals surface area contributed by atoms with E-state index in [9.17, 15) is 0 Å². The third-order valence-corrected chi connectivity index (χ3v) is 3.59. The fraction of sp³-hybridized carbons (Fsp3) is 0.571. The predicted octanol–water partition coefficient (Wildman–Crippen LogP) is 1.93. The van der Waals surface area contributed by atoms with Crippen molar-refractivity contribution in [3.8, 4) is 0 Å². The highest BCUT2D eigenvalue weighted by Gasteiger charge is 2.31. The highest BCUT2D eigenvalue weighted by molar-refractivity contribution is 5.27. The summed E-state index contributed by atoms with van der Waals surface area (Å²) in [5.74, 6) is 1.88. The average molecular weight is 218 g/mol. The fourth-order valence-electron chi connectivity index (χ4n) is 2.19. The molecule has 0 amide bonds. The summed E-state index contributed by atoms with van der Waals surface area (Å²) in [5.41, 5.74) is 8.38. The van der Waals surface area contributed by atoms with Crippen LogP contribution in [0.3, 0.4) is 0 Å². The lowest BCUT2D eigenvalue weighted by molar-refractivity contribution is 0.611. The van der Waals surface area contributed by atoms with Crippen molar-refractivity contribution >= 4 is 0 Å². The standard InChI is InChI=1S/C14H22N2/c1-11-8-14(11)10-16-7-6-12-4-2-3-5-13(12)9-15/h2-5,11,14,16H,6-10,15H2,1H3. The molecule has 2 nitrogen and oxygen atoms in total. The number of rotatable bonds is 6. The molecule has 1 aromatic carbocycles. The van der Waals surface area contributed by atoms with Gasteiger partial charge in [0, 0.05) is 6.54 Å². The summed E-state index contributed by atoms with van der Waals surface area (Å²) in [4.78, 5) is 0. The number of nitrogens with one attached hydrogen (secondary N) is 1. The van der Waals surface area contributed by atoms with Gasteiger partial charge in [-0.3, -0.25) is 0 Å². The number of hydrogen-bond donors (Lipinski definition) is 2. The van der Waals surface area contributed by atoms with Crippen LogP contribution in [-0.2, 0) is 13.0 Å². The van der Waals surface area contributed by atoms with E-state index < -0.39 is 0 Å². The molecule has 2 atom stereocenters. The molecule has 0 radical (unpaired) electrons. The first-order chi connectivity index (χ1) is 7.81. The molecule has 1 aliphatic rings. The molecule has 0 aliphatic heterocycles. The van der Waals surface area contributed by atoms with Gasteiger partial charge in [0.25, 0.3) is 0 Å². The van der Waals surface area contributed by atoms with Crippen LogP contribution in [0, 0.1) is 11.8 Å². The van der Waals surface area contributed by atoms with Crippen LogP contribution in [0.5, 0.6) is 0 Å². The molecule has 0 spiro atoms. The number of nitrogens with two attached hydrogens (primary N) is 1. The molecule has 1 aromatic rings. The third kappa shape index (κ3) is 3.06. The molecule has 3 N–H and O–H groups in total. The summed E-state index contributed by atoms with van der Waals surface area (Å²) in [5, 5.41) is 3.54. The van der Waals surface area contributed by atoms with Gasteiger partial charge in [-0.05, 0) is 48.9 Å². The Morgan fingerprint density at radius 1 is 1.31 bits per heavy atom. The van der Waals surface area contributed by atoms with Gasteiger partial charge in [-0.1, -0.05) is 31.2 Å². The Labute approximate surface area is 98.2 Å². The Morgan fingerprint density at radius 2 is 2.00 bits per heavy atom. The summed E-state index contributed by atoms with van der Waals surface area (Å²) in [6.07, 6.45) is 2.50. The first-order valence-corrected chi connectivity index (χ1v) is 6.29. The van der Waals surface area contributed by atoms with Crippen molar-refractivity contribution in [2.75, 3.05) is 13.1 Å². The van der Waals surface area contributed by atoms with Crippen LogP contribution in [0.15, 0.2) is 24.3 Å². The molecule has 1 fully saturated rings. The van der Waals surface area contributed by atoms with E-state index in [4.69, 9.17) is 5.73 Å². The quantitative estimate of drug-likeness (QED) is 0.716.